The van der Waals surface area contributed by atoms with Gasteiger partial charge in [-0.15, -0.1) is 0 Å². The minimum absolute atomic E-state index is 0.116. The minimum atomic E-state index is -0.354. The highest BCUT2D eigenvalue weighted by Crippen LogP contribution is 2.33. The smallest absolute Gasteiger partial charge is 0.292 e. The number of nitrogens with one attached hydrogen (secondary N) is 1. The number of thioether (sulfide) groups is 1. The van der Waals surface area contributed by atoms with Gasteiger partial charge in [-0.25, -0.2) is 0 Å². The number of halogens is 1. The van der Waals surface area contributed by atoms with Crippen LogP contribution in [-0.4, -0.2) is 22.5 Å². The van der Waals surface area contributed by atoms with Crippen molar-refractivity contribution in [3.8, 4) is 0 Å². The van der Waals surface area contributed by atoms with Crippen LogP contribution in [0.3, 0.4) is 0 Å². The summed E-state index contributed by atoms with van der Waals surface area (Å²) in [5.41, 5.74) is 0.685. The van der Waals surface area contributed by atoms with Gasteiger partial charge in [-0.2, -0.15) is 11.8 Å². The lowest BCUT2D eigenvalue weighted by Crippen LogP contribution is -2.32. The van der Waals surface area contributed by atoms with Gasteiger partial charge in [0.05, 0.1) is 4.92 Å². The largest absolute Gasteiger partial charge is 0.378 e. The van der Waals surface area contributed by atoms with Gasteiger partial charge < -0.3 is 5.32 Å². The molecule has 0 amide bonds. The number of rotatable bonds is 7. The van der Waals surface area contributed by atoms with Gasteiger partial charge in [-0.1, -0.05) is 29.8 Å². The van der Waals surface area contributed by atoms with Crippen LogP contribution < -0.4 is 5.32 Å². The standard InChI is InChI=1S/C13H19BrN2O2S/c1-4-13(5-2,19-3)9-15-11-8-10(14)6-7-12(11)16(17)18/h6-8,15H,4-5,9H2,1-3H3. The number of anilines is 1. The Balaban J connectivity index is 2.93. The third kappa shape index (κ3) is 4.11. The monoisotopic (exact) mass is 346 g/mol. The van der Waals surface area contributed by atoms with Gasteiger partial charge in [0.2, 0.25) is 0 Å². The predicted molar refractivity (Wildman–Crippen MR) is 86.1 cm³/mol. The molecule has 0 saturated carbocycles. The molecule has 0 fully saturated rings. The number of hydrogen-bond donors (Lipinski definition) is 1. The van der Waals surface area contributed by atoms with E-state index in [0.717, 1.165) is 23.9 Å². The molecule has 0 spiro atoms. The SMILES string of the molecule is CCC(CC)(CNc1cc(Br)ccc1[N+](=O)[O-])SC. The number of nitrogens with zero attached hydrogens (tertiary/aromatic N) is 1. The lowest BCUT2D eigenvalue weighted by atomic mass is 10.0. The third-order valence-corrected chi connectivity index (χ3v) is 5.56. The zero-order chi connectivity index (χ0) is 14.5. The molecule has 1 aromatic carbocycles. The molecular formula is C13H19BrN2O2S. The Morgan fingerprint density at radius 2 is 2.05 bits per heavy atom. The second kappa shape index (κ2) is 7.14. The van der Waals surface area contributed by atoms with Crippen LogP contribution in [0, 0.1) is 10.1 Å². The van der Waals surface area contributed by atoms with E-state index in [1.54, 1.807) is 12.1 Å². The molecule has 6 heteroatoms. The van der Waals surface area contributed by atoms with Crippen molar-refractivity contribution in [3.63, 3.8) is 0 Å². The average molecular weight is 347 g/mol. The maximum Gasteiger partial charge on any atom is 0.292 e. The van der Waals surface area contributed by atoms with Crippen molar-refractivity contribution in [1.82, 2.24) is 0 Å². The van der Waals surface area contributed by atoms with Crippen LogP contribution in [0.5, 0.6) is 0 Å². The van der Waals surface area contributed by atoms with E-state index < -0.39 is 0 Å². The summed E-state index contributed by atoms with van der Waals surface area (Å²) in [4.78, 5) is 10.7. The Labute approximate surface area is 126 Å². The topological polar surface area (TPSA) is 55.2 Å². The van der Waals surface area contributed by atoms with E-state index in [4.69, 9.17) is 0 Å². The van der Waals surface area contributed by atoms with Crippen molar-refractivity contribution < 1.29 is 4.92 Å². The molecule has 0 heterocycles. The first kappa shape index (κ1) is 16.3. The molecule has 4 nitrogen and oxygen atoms in total. The highest BCUT2D eigenvalue weighted by Gasteiger charge is 2.25. The van der Waals surface area contributed by atoms with Gasteiger partial charge in [-0.3, -0.25) is 10.1 Å². The highest BCUT2D eigenvalue weighted by atomic mass is 79.9. The summed E-state index contributed by atoms with van der Waals surface area (Å²) in [6.07, 6.45) is 4.14. The number of nitro benzene ring substituents is 1. The summed E-state index contributed by atoms with van der Waals surface area (Å²) in [5.74, 6) is 0. The van der Waals surface area contributed by atoms with Crippen LogP contribution in [0.25, 0.3) is 0 Å². The fraction of sp³-hybridized carbons (Fsp3) is 0.538. The molecule has 0 aliphatic rings. The Kier molecular flexibility index (Phi) is 6.13. The molecule has 0 aliphatic carbocycles. The molecule has 0 aromatic heterocycles. The van der Waals surface area contributed by atoms with E-state index >= 15 is 0 Å². The molecule has 1 N–H and O–H groups in total. The van der Waals surface area contributed by atoms with Crippen LogP contribution in [0.2, 0.25) is 0 Å². The molecule has 1 aromatic rings. The summed E-state index contributed by atoms with van der Waals surface area (Å²) in [6, 6.07) is 4.96. The summed E-state index contributed by atoms with van der Waals surface area (Å²) >= 11 is 5.16. The van der Waals surface area contributed by atoms with E-state index in [2.05, 4.69) is 41.3 Å². The fourth-order valence-electron chi connectivity index (χ4n) is 1.93. The van der Waals surface area contributed by atoms with E-state index in [9.17, 15) is 10.1 Å². The van der Waals surface area contributed by atoms with Gasteiger partial charge >= 0.3 is 0 Å². The number of hydrogen-bond acceptors (Lipinski definition) is 4. The third-order valence-electron chi connectivity index (χ3n) is 3.48. The van der Waals surface area contributed by atoms with Gasteiger partial charge in [0, 0.05) is 21.8 Å². The Hall–Kier alpha value is -0.750. The number of benzene rings is 1. The Bertz CT molecular complexity index is 442. The summed E-state index contributed by atoms with van der Waals surface area (Å²) in [7, 11) is 0. The Morgan fingerprint density at radius 3 is 2.53 bits per heavy atom. The van der Waals surface area contributed by atoms with Crippen molar-refractivity contribution in [2.45, 2.75) is 31.4 Å². The van der Waals surface area contributed by atoms with Crippen LogP contribution >= 0.6 is 27.7 Å². The van der Waals surface area contributed by atoms with Crippen molar-refractivity contribution in [1.29, 1.82) is 0 Å². The summed E-state index contributed by atoms with van der Waals surface area (Å²) in [6.45, 7) is 5.02. The molecule has 0 aliphatic heterocycles. The van der Waals surface area contributed by atoms with Crippen LogP contribution in [0.4, 0.5) is 11.4 Å². The summed E-state index contributed by atoms with van der Waals surface area (Å²) < 4.78 is 0.958. The van der Waals surface area contributed by atoms with E-state index in [0.29, 0.717) is 5.69 Å². The quantitative estimate of drug-likeness (QED) is 0.574. The first-order valence-corrected chi connectivity index (χ1v) is 8.22. The molecule has 106 valence electrons. The summed E-state index contributed by atoms with van der Waals surface area (Å²) in [5, 5.41) is 14.2. The highest BCUT2D eigenvalue weighted by molar-refractivity contribution is 9.10. The molecule has 1 rings (SSSR count). The molecule has 0 atom stereocenters. The van der Waals surface area contributed by atoms with Crippen LogP contribution in [0.1, 0.15) is 26.7 Å². The van der Waals surface area contributed by atoms with Crippen LogP contribution in [0.15, 0.2) is 22.7 Å². The lowest BCUT2D eigenvalue weighted by molar-refractivity contribution is -0.384. The minimum Gasteiger partial charge on any atom is -0.378 e. The zero-order valence-electron chi connectivity index (χ0n) is 11.4. The van der Waals surface area contributed by atoms with Crippen molar-refractivity contribution in [2.24, 2.45) is 0 Å². The molecule has 0 radical (unpaired) electrons. The lowest BCUT2D eigenvalue weighted by Gasteiger charge is -2.30. The second-order valence-electron chi connectivity index (χ2n) is 4.37. The van der Waals surface area contributed by atoms with E-state index in [-0.39, 0.29) is 15.4 Å². The van der Waals surface area contributed by atoms with Gasteiger partial charge in [-0.05, 0) is 31.2 Å². The maximum atomic E-state index is 11.0. The molecule has 19 heavy (non-hydrogen) atoms. The molecular weight excluding hydrogens is 328 g/mol. The van der Waals surface area contributed by atoms with Gasteiger partial charge in [0.25, 0.3) is 5.69 Å². The first-order valence-electron chi connectivity index (χ1n) is 6.21. The first-order chi connectivity index (χ1) is 8.98. The number of nitro groups is 1. The van der Waals surface area contributed by atoms with Gasteiger partial charge in [0.1, 0.15) is 5.69 Å². The predicted octanol–water partition coefficient (Wildman–Crippen LogP) is 4.69. The molecule has 0 saturated heterocycles. The Morgan fingerprint density at radius 1 is 1.42 bits per heavy atom. The van der Waals surface area contributed by atoms with E-state index in [1.165, 1.54) is 6.07 Å². The fourth-order valence-corrected chi connectivity index (χ4v) is 3.08. The molecule has 0 bridgehead atoms. The van der Waals surface area contributed by atoms with Crippen molar-refractivity contribution in [3.05, 3.63) is 32.8 Å². The maximum absolute atomic E-state index is 11.0. The van der Waals surface area contributed by atoms with Gasteiger partial charge in [0.15, 0.2) is 0 Å². The average Bonchev–Trinajstić information content (AvgIpc) is 2.40. The van der Waals surface area contributed by atoms with Crippen molar-refractivity contribution >= 4 is 39.1 Å². The van der Waals surface area contributed by atoms with Crippen LogP contribution in [-0.2, 0) is 0 Å². The van der Waals surface area contributed by atoms with Crippen molar-refractivity contribution in [2.75, 3.05) is 18.1 Å². The second-order valence-corrected chi connectivity index (χ2v) is 6.56. The molecule has 0 unspecified atom stereocenters. The van der Waals surface area contributed by atoms with E-state index in [1.807, 2.05) is 11.8 Å². The zero-order valence-corrected chi connectivity index (χ0v) is 13.8. The normalized spacial score (nSPS) is 11.4.